The van der Waals surface area contributed by atoms with Crippen LogP contribution in [0.25, 0.3) is 0 Å². The van der Waals surface area contributed by atoms with E-state index in [9.17, 15) is 33.3 Å². The molecule has 5 atom stereocenters. The van der Waals surface area contributed by atoms with Crippen molar-refractivity contribution >= 4 is 31.3 Å². The smallest absolute Gasteiger partial charge is 0.268 e. The van der Waals surface area contributed by atoms with E-state index in [0.717, 1.165) is 0 Å². The second-order valence-electron chi connectivity index (χ2n) is 6.64. The van der Waals surface area contributed by atoms with E-state index in [1.54, 1.807) is 0 Å². The normalized spacial score (nSPS) is 26.6. The van der Waals surface area contributed by atoms with Crippen LogP contribution in [-0.4, -0.2) is 52.5 Å². The third-order valence-electron chi connectivity index (χ3n) is 3.66. The fraction of sp³-hybridized carbons (Fsp3) is 1.00. The van der Waals surface area contributed by atoms with Gasteiger partial charge in [0.2, 0.25) is 0 Å². The molecule has 17 heteroatoms. The fourth-order valence-electron chi connectivity index (χ4n) is 2.45. The minimum absolute atomic E-state index is 0.0279. The first-order valence-corrected chi connectivity index (χ1v) is 13.4. The van der Waals surface area contributed by atoms with Crippen molar-refractivity contribution in [1.29, 1.82) is 0 Å². The molecule has 1 saturated heterocycles. The Morgan fingerprint density at radius 2 is 1.37 bits per heavy atom. The summed E-state index contributed by atoms with van der Waals surface area (Å²) >= 11 is 0. The lowest BCUT2D eigenvalue weighted by Crippen LogP contribution is -2.30. The van der Waals surface area contributed by atoms with Gasteiger partial charge in [0.15, 0.2) is 0 Å². The zero-order chi connectivity index (χ0) is 23.0. The molecule has 0 saturated carbocycles. The standard InChI is InChI=1S/C13H28BO13P3/c1-10(2)13-11(9-12(14)26-13)27-30(20,21)25-8-4-7-24-29(18,19)23-6-3-5-22-28(15,16)17/h10-13H,3-9H2,1-2H3,(H,18,19)(H,20,21)(H2,15,16,17)/p-4. The Morgan fingerprint density at radius 1 is 0.900 bits per heavy atom. The van der Waals surface area contributed by atoms with Gasteiger partial charge in [-0.25, -0.2) is 0 Å². The van der Waals surface area contributed by atoms with E-state index in [-0.39, 0.29) is 25.2 Å². The van der Waals surface area contributed by atoms with Crippen LogP contribution in [-0.2, 0) is 41.1 Å². The van der Waals surface area contributed by atoms with Crippen LogP contribution in [0.5, 0.6) is 0 Å². The van der Waals surface area contributed by atoms with Crippen LogP contribution in [0.1, 0.15) is 33.1 Å². The van der Waals surface area contributed by atoms with Gasteiger partial charge in [0.25, 0.3) is 15.6 Å². The molecule has 0 amide bonds. The first-order valence-electron chi connectivity index (χ1n) is 9.02. The van der Waals surface area contributed by atoms with Gasteiger partial charge in [0, 0.05) is 6.00 Å². The second-order valence-corrected chi connectivity index (χ2v) is 10.6. The summed E-state index contributed by atoms with van der Waals surface area (Å²) < 4.78 is 61.5. The molecular weight excluding hydrogens is 468 g/mol. The minimum Gasteiger partial charge on any atom is -0.790 e. The summed E-state index contributed by atoms with van der Waals surface area (Å²) in [6, 6.07) is -0.640. The summed E-state index contributed by atoms with van der Waals surface area (Å²) in [7, 11) is -8.84. The lowest BCUT2D eigenvalue weighted by atomic mass is 9.94. The Balaban J connectivity index is 2.23. The Kier molecular flexibility index (Phi) is 11.9. The maximum absolute atomic E-state index is 11.9. The average Bonchev–Trinajstić information content (AvgIpc) is 2.92. The highest BCUT2D eigenvalue weighted by atomic mass is 31.2. The van der Waals surface area contributed by atoms with E-state index >= 15 is 0 Å². The van der Waals surface area contributed by atoms with Crippen molar-refractivity contribution in [3.8, 4) is 0 Å². The quantitative estimate of drug-likeness (QED) is 0.152. The molecule has 1 rings (SSSR count). The summed E-state index contributed by atoms with van der Waals surface area (Å²) in [5.74, 6) is -0.0279. The zero-order valence-corrected chi connectivity index (χ0v) is 19.2. The van der Waals surface area contributed by atoms with Crippen LogP contribution in [0.2, 0.25) is 0 Å². The molecule has 0 aliphatic carbocycles. The van der Waals surface area contributed by atoms with E-state index in [2.05, 4.69) is 18.1 Å². The molecule has 1 heterocycles. The molecule has 0 N–H and O–H groups in total. The number of phosphoric ester groups is 3. The molecule has 5 unspecified atom stereocenters. The second kappa shape index (κ2) is 12.6. The molecule has 2 radical (unpaired) electrons. The summed E-state index contributed by atoms with van der Waals surface area (Å²) in [4.78, 5) is 43.8. The average molecular weight is 492 g/mol. The molecule has 1 aliphatic heterocycles. The molecule has 13 nitrogen and oxygen atoms in total. The molecule has 1 fully saturated rings. The molecule has 0 spiro atoms. The molecule has 0 aromatic carbocycles. The van der Waals surface area contributed by atoms with Crippen LogP contribution in [0.15, 0.2) is 0 Å². The van der Waals surface area contributed by atoms with Crippen LogP contribution in [0.3, 0.4) is 0 Å². The van der Waals surface area contributed by atoms with E-state index in [1.165, 1.54) is 0 Å². The van der Waals surface area contributed by atoms with Gasteiger partial charge in [-0.1, -0.05) is 13.8 Å². The van der Waals surface area contributed by atoms with Crippen molar-refractivity contribution in [3.05, 3.63) is 0 Å². The van der Waals surface area contributed by atoms with Crippen LogP contribution in [0, 0.1) is 5.92 Å². The minimum atomic E-state index is -5.13. The van der Waals surface area contributed by atoms with Gasteiger partial charge in [-0.3, -0.25) is 9.13 Å². The topological polar surface area (TPSA) is 199 Å². The molecule has 30 heavy (non-hydrogen) atoms. The van der Waals surface area contributed by atoms with Crippen LogP contribution >= 0.6 is 23.5 Å². The van der Waals surface area contributed by atoms with Crippen molar-refractivity contribution in [2.24, 2.45) is 5.92 Å². The van der Waals surface area contributed by atoms with Gasteiger partial charge in [-0.2, -0.15) is 0 Å². The molecular formula is C13H24BO13P3-4. The highest BCUT2D eigenvalue weighted by Crippen LogP contribution is 2.44. The Bertz CT molecular complexity index is 656. The largest absolute Gasteiger partial charge is 0.790 e. The lowest BCUT2D eigenvalue weighted by Gasteiger charge is -2.30. The predicted octanol–water partition coefficient (Wildman–Crippen LogP) is -1.08. The third-order valence-corrected chi connectivity index (χ3v) is 6.18. The summed E-state index contributed by atoms with van der Waals surface area (Å²) in [6.45, 7) is 1.82. The molecule has 0 aromatic rings. The van der Waals surface area contributed by atoms with Crippen molar-refractivity contribution in [3.63, 3.8) is 0 Å². The fourth-order valence-corrected chi connectivity index (χ4v) is 4.54. The third kappa shape index (κ3) is 12.4. The summed E-state index contributed by atoms with van der Waals surface area (Å²) in [6.07, 6.45) is -1.40. The molecule has 176 valence electrons. The highest BCUT2D eigenvalue weighted by Gasteiger charge is 2.37. The summed E-state index contributed by atoms with van der Waals surface area (Å²) in [5, 5.41) is 0. The first kappa shape index (κ1) is 28.4. The van der Waals surface area contributed by atoms with Crippen molar-refractivity contribution in [2.75, 3.05) is 26.4 Å². The van der Waals surface area contributed by atoms with E-state index in [0.29, 0.717) is 0 Å². The van der Waals surface area contributed by atoms with Crippen LogP contribution in [0.4, 0.5) is 0 Å². The molecule has 0 aromatic heterocycles. The number of phosphoric acid groups is 3. The van der Waals surface area contributed by atoms with Crippen LogP contribution < -0.4 is 19.6 Å². The Hall–Kier alpha value is 0.355. The highest BCUT2D eigenvalue weighted by molar-refractivity contribution is 7.46. The first-order chi connectivity index (χ1) is 13.7. The maximum Gasteiger partial charge on any atom is 0.268 e. The molecule has 1 aliphatic rings. The Morgan fingerprint density at radius 3 is 1.83 bits per heavy atom. The zero-order valence-electron chi connectivity index (χ0n) is 16.5. The number of rotatable bonds is 15. The van der Waals surface area contributed by atoms with E-state index in [1.807, 2.05) is 13.8 Å². The maximum atomic E-state index is 11.9. The monoisotopic (exact) mass is 492 g/mol. The van der Waals surface area contributed by atoms with Gasteiger partial charge in [0.05, 0.1) is 46.5 Å². The molecule has 0 bridgehead atoms. The van der Waals surface area contributed by atoms with Crippen molar-refractivity contribution < 1.29 is 60.6 Å². The van der Waals surface area contributed by atoms with Crippen molar-refractivity contribution in [2.45, 2.75) is 51.3 Å². The van der Waals surface area contributed by atoms with Gasteiger partial charge in [-0.05, 0) is 25.2 Å². The van der Waals surface area contributed by atoms with E-state index in [4.69, 9.17) is 17.1 Å². The van der Waals surface area contributed by atoms with E-state index < -0.39 is 68.1 Å². The van der Waals surface area contributed by atoms with Gasteiger partial charge in [-0.15, -0.1) is 0 Å². The van der Waals surface area contributed by atoms with Gasteiger partial charge < -0.3 is 51.5 Å². The predicted molar refractivity (Wildman–Crippen MR) is 94.6 cm³/mol. The Labute approximate surface area is 176 Å². The van der Waals surface area contributed by atoms with Gasteiger partial charge in [0.1, 0.15) is 7.85 Å². The SMILES string of the molecule is [B]C1CC(OP(=O)([O-])OCCCOP(=O)([O-])OCCCOP(=O)([O-])[O-])C(C(C)C)O1. The number of hydrogen-bond donors (Lipinski definition) is 0. The van der Waals surface area contributed by atoms with Gasteiger partial charge >= 0.3 is 0 Å². The number of ether oxygens (including phenoxy) is 1. The lowest BCUT2D eigenvalue weighted by molar-refractivity contribution is -0.341. The summed E-state index contributed by atoms with van der Waals surface area (Å²) in [5.41, 5.74) is 0. The van der Waals surface area contributed by atoms with Crippen molar-refractivity contribution in [1.82, 2.24) is 0 Å². The number of hydrogen-bond acceptors (Lipinski definition) is 13.